The van der Waals surface area contributed by atoms with E-state index >= 15 is 0 Å². The van der Waals surface area contributed by atoms with E-state index in [1.54, 1.807) is 13.0 Å². The van der Waals surface area contributed by atoms with Crippen molar-refractivity contribution in [3.8, 4) is 5.88 Å². The summed E-state index contributed by atoms with van der Waals surface area (Å²) in [6.07, 6.45) is 3.73. The van der Waals surface area contributed by atoms with Crippen LogP contribution < -0.4 is 10.5 Å². The van der Waals surface area contributed by atoms with Crippen LogP contribution in [-0.2, 0) is 21.5 Å². The summed E-state index contributed by atoms with van der Waals surface area (Å²) in [4.78, 5) is 38.7. The highest BCUT2D eigenvalue weighted by molar-refractivity contribution is 5.99. The Balaban J connectivity index is 1.48. The number of hydrogen-bond donors (Lipinski definition) is 1. The summed E-state index contributed by atoms with van der Waals surface area (Å²) in [5.74, 6) is -0.726. The molecule has 2 aromatic rings. The molecule has 4 rings (SSSR count). The number of carbonyl (C=O) groups is 2. The minimum absolute atomic E-state index is 0.0127. The van der Waals surface area contributed by atoms with Gasteiger partial charge in [0.2, 0.25) is 11.8 Å². The van der Waals surface area contributed by atoms with Crippen LogP contribution >= 0.6 is 0 Å². The fourth-order valence-electron chi connectivity index (χ4n) is 3.56. The molecule has 1 saturated heterocycles. The number of ether oxygens (including phenoxy) is 2. The molecule has 0 radical (unpaired) electrons. The fraction of sp³-hybridized carbons (Fsp3) is 0.409. The number of guanidine groups is 1. The summed E-state index contributed by atoms with van der Waals surface area (Å²) < 4.78 is 25.4. The molecule has 0 saturated carbocycles. The topological polar surface area (TPSA) is 120 Å². The lowest BCUT2D eigenvalue weighted by Gasteiger charge is -2.34. The Morgan fingerprint density at radius 1 is 1.38 bits per heavy atom. The first-order valence-electron chi connectivity index (χ1n) is 10.3. The number of hydrogen-bond acceptors (Lipinski definition) is 8. The van der Waals surface area contributed by atoms with Crippen molar-refractivity contribution in [2.75, 3.05) is 20.3 Å². The van der Waals surface area contributed by atoms with E-state index in [0.29, 0.717) is 18.1 Å². The van der Waals surface area contributed by atoms with Crippen LogP contribution in [0.5, 0.6) is 5.88 Å². The number of halogens is 1. The predicted octanol–water partition coefficient (Wildman–Crippen LogP) is 1.60. The van der Waals surface area contributed by atoms with Crippen molar-refractivity contribution in [3.05, 3.63) is 53.2 Å². The van der Waals surface area contributed by atoms with Gasteiger partial charge in [0.05, 0.1) is 30.5 Å². The minimum atomic E-state index is -1.15. The zero-order valence-electron chi connectivity index (χ0n) is 17.9. The molecule has 1 amide bonds. The second-order valence-corrected chi connectivity index (χ2v) is 8.12. The Morgan fingerprint density at radius 3 is 2.78 bits per heavy atom. The van der Waals surface area contributed by atoms with E-state index in [4.69, 9.17) is 15.2 Å². The maximum absolute atomic E-state index is 14.6. The van der Waals surface area contributed by atoms with Crippen molar-refractivity contribution >= 4 is 17.6 Å². The van der Waals surface area contributed by atoms with Crippen LogP contribution in [0.4, 0.5) is 4.39 Å². The maximum Gasteiger partial charge on any atom is 0.232 e. The standard InChI is InChI=1S/C22H24FN5O4/c1-22(9-20(30)28(2)21(24)27-22)15-7-13(3-4-16(15)23)8-18(29)17-10-26-19(11-25-17)32-12-14-5-6-31-14/h3-4,7,10-11,14H,5-6,8-9,12H2,1-2H3,(H2,24,27). The molecule has 32 heavy (non-hydrogen) atoms. The lowest BCUT2D eigenvalue weighted by atomic mass is 9.85. The number of rotatable bonds is 7. The largest absolute Gasteiger partial charge is 0.474 e. The highest BCUT2D eigenvalue weighted by Crippen LogP contribution is 2.35. The van der Waals surface area contributed by atoms with E-state index in [0.717, 1.165) is 13.0 Å². The molecule has 1 aromatic carbocycles. The van der Waals surface area contributed by atoms with Gasteiger partial charge in [-0.05, 0) is 24.6 Å². The quantitative estimate of drug-likeness (QED) is 0.648. The molecule has 2 atom stereocenters. The SMILES string of the molecule is CN1C(=O)CC(C)(c2cc(CC(=O)c3cnc(OCC4CCO4)cn3)ccc2F)N=C1N. The van der Waals surface area contributed by atoms with Crippen LogP contribution in [0, 0.1) is 5.82 Å². The molecule has 1 fully saturated rings. The van der Waals surface area contributed by atoms with Crippen molar-refractivity contribution in [2.24, 2.45) is 10.7 Å². The van der Waals surface area contributed by atoms with Gasteiger partial charge in [-0.2, -0.15) is 0 Å². The molecule has 0 aliphatic carbocycles. The molecule has 2 aliphatic heterocycles. The highest BCUT2D eigenvalue weighted by atomic mass is 19.1. The number of aliphatic imine (C=N–C) groups is 1. The second-order valence-electron chi connectivity index (χ2n) is 8.12. The van der Waals surface area contributed by atoms with Gasteiger partial charge in [0.1, 0.15) is 18.1 Å². The van der Waals surface area contributed by atoms with Gasteiger partial charge in [-0.25, -0.2) is 19.4 Å². The first-order valence-corrected chi connectivity index (χ1v) is 10.3. The molecule has 3 heterocycles. The van der Waals surface area contributed by atoms with Gasteiger partial charge in [0.15, 0.2) is 11.7 Å². The van der Waals surface area contributed by atoms with E-state index in [9.17, 15) is 14.0 Å². The Bertz CT molecular complexity index is 1070. The third-order valence-corrected chi connectivity index (χ3v) is 5.67. The molecule has 1 aromatic heterocycles. The molecule has 168 valence electrons. The summed E-state index contributed by atoms with van der Waals surface area (Å²) in [7, 11) is 1.52. The van der Waals surface area contributed by atoms with Crippen LogP contribution in [-0.4, -0.2) is 58.9 Å². The fourth-order valence-corrected chi connectivity index (χ4v) is 3.56. The van der Waals surface area contributed by atoms with Crippen LogP contribution in [0.1, 0.15) is 41.4 Å². The molecule has 9 nitrogen and oxygen atoms in total. The zero-order chi connectivity index (χ0) is 22.9. The number of nitrogens with zero attached hydrogens (tertiary/aromatic N) is 4. The predicted molar refractivity (Wildman–Crippen MR) is 113 cm³/mol. The van der Waals surface area contributed by atoms with Crippen molar-refractivity contribution in [1.29, 1.82) is 0 Å². The van der Waals surface area contributed by atoms with Gasteiger partial charge in [-0.15, -0.1) is 0 Å². The molecule has 0 spiro atoms. The van der Waals surface area contributed by atoms with Crippen molar-refractivity contribution < 1.29 is 23.5 Å². The number of carbonyl (C=O) groups excluding carboxylic acids is 2. The number of aromatic nitrogens is 2. The van der Waals surface area contributed by atoms with Gasteiger partial charge in [-0.1, -0.05) is 6.07 Å². The number of nitrogens with two attached hydrogens (primary N) is 1. The average molecular weight is 441 g/mol. The normalized spacial score (nSPS) is 22.8. The molecular weight excluding hydrogens is 417 g/mol. The lowest BCUT2D eigenvalue weighted by molar-refractivity contribution is -0.128. The second kappa shape index (κ2) is 8.62. The average Bonchev–Trinajstić information content (AvgIpc) is 2.72. The van der Waals surface area contributed by atoms with Gasteiger partial charge >= 0.3 is 0 Å². The summed E-state index contributed by atoms with van der Waals surface area (Å²) in [5.41, 5.74) is 5.63. The Kier molecular flexibility index (Phi) is 5.88. The van der Waals surface area contributed by atoms with Crippen molar-refractivity contribution in [1.82, 2.24) is 14.9 Å². The smallest absolute Gasteiger partial charge is 0.232 e. The van der Waals surface area contributed by atoms with Crippen LogP contribution in [0.25, 0.3) is 0 Å². The summed E-state index contributed by atoms with van der Waals surface area (Å²) in [6.45, 7) is 2.78. The van der Waals surface area contributed by atoms with Gasteiger partial charge < -0.3 is 15.2 Å². The lowest BCUT2D eigenvalue weighted by Crippen LogP contribution is -2.47. The van der Waals surface area contributed by atoms with E-state index in [1.807, 2.05) is 0 Å². The number of Topliss-reactive ketones (excluding diaryl/α,β-unsaturated/α-hetero) is 1. The number of amides is 1. The molecule has 2 unspecified atom stereocenters. The third-order valence-electron chi connectivity index (χ3n) is 5.67. The number of benzene rings is 1. The Hall–Kier alpha value is -3.40. The Morgan fingerprint density at radius 2 is 2.16 bits per heavy atom. The first-order chi connectivity index (χ1) is 15.2. The van der Waals surface area contributed by atoms with Crippen molar-refractivity contribution in [2.45, 2.75) is 37.8 Å². The number of ketones is 1. The van der Waals surface area contributed by atoms with E-state index < -0.39 is 11.4 Å². The van der Waals surface area contributed by atoms with Gasteiger partial charge in [0.25, 0.3) is 0 Å². The Labute approximate surface area is 184 Å². The maximum atomic E-state index is 14.6. The van der Waals surface area contributed by atoms with E-state index in [-0.39, 0.29) is 47.9 Å². The van der Waals surface area contributed by atoms with Crippen LogP contribution in [0.3, 0.4) is 0 Å². The molecule has 10 heteroatoms. The van der Waals surface area contributed by atoms with E-state index in [2.05, 4.69) is 15.0 Å². The van der Waals surface area contributed by atoms with Crippen LogP contribution in [0.2, 0.25) is 0 Å². The van der Waals surface area contributed by atoms with E-state index in [1.165, 1.54) is 36.5 Å². The van der Waals surface area contributed by atoms with Crippen molar-refractivity contribution in [3.63, 3.8) is 0 Å². The summed E-state index contributed by atoms with van der Waals surface area (Å²) in [5, 5.41) is 0. The monoisotopic (exact) mass is 441 g/mol. The third kappa shape index (κ3) is 4.45. The molecule has 0 bridgehead atoms. The molecular formula is C22H24FN5O4. The summed E-state index contributed by atoms with van der Waals surface area (Å²) in [6, 6.07) is 4.34. The van der Waals surface area contributed by atoms with Crippen LogP contribution in [0.15, 0.2) is 35.6 Å². The van der Waals surface area contributed by atoms with Gasteiger partial charge in [-0.3, -0.25) is 14.5 Å². The molecule has 2 aliphatic rings. The zero-order valence-corrected chi connectivity index (χ0v) is 17.9. The van der Waals surface area contributed by atoms with Gasteiger partial charge in [0, 0.05) is 32.1 Å². The first kappa shape index (κ1) is 21.8. The molecule has 2 N–H and O–H groups in total. The minimum Gasteiger partial charge on any atom is -0.474 e. The summed E-state index contributed by atoms with van der Waals surface area (Å²) >= 11 is 0. The highest BCUT2D eigenvalue weighted by Gasteiger charge is 2.38.